The van der Waals surface area contributed by atoms with Gasteiger partial charge in [-0.15, -0.1) is 0 Å². The monoisotopic (exact) mass is 237 g/mol. The first kappa shape index (κ1) is 11.6. The minimum Gasteiger partial charge on any atom is -0.324 e. The lowest BCUT2D eigenvalue weighted by atomic mass is 10.1. The van der Waals surface area contributed by atoms with E-state index in [-0.39, 0.29) is 0 Å². The molecule has 7 heteroatoms. The summed E-state index contributed by atoms with van der Waals surface area (Å²) >= 11 is 0. The van der Waals surface area contributed by atoms with Gasteiger partial charge in [-0.3, -0.25) is 14.3 Å². The minimum atomic E-state index is -0.472. The molecule has 0 aliphatic carbocycles. The molecule has 0 amide bonds. The van der Waals surface area contributed by atoms with E-state index in [4.69, 9.17) is 5.73 Å². The Morgan fingerprint density at radius 3 is 2.71 bits per heavy atom. The Bertz CT molecular complexity index is 671. The third-order valence-corrected chi connectivity index (χ3v) is 2.45. The maximum absolute atomic E-state index is 11.7. The SMILES string of the molecule is Cn1c(=O)[nH]c(=O)c2c1ncn2CC(C)(C)N. The Kier molecular flexibility index (Phi) is 2.43. The summed E-state index contributed by atoms with van der Waals surface area (Å²) in [5.74, 6) is 0. The summed E-state index contributed by atoms with van der Waals surface area (Å²) in [7, 11) is 1.56. The minimum absolute atomic E-state index is 0.364. The standard InChI is InChI=1S/C10H15N5O2/c1-10(2,11)4-15-5-12-7-6(15)8(16)13-9(17)14(7)3/h5H,4,11H2,1-3H3,(H,13,16,17). The molecule has 2 aromatic heterocycles. The maximum atomic E-state index is 11.7. The molecular weight excluding hydrogens is 222 g/mol. The summed E-state index contributed by atoms with van der Waals surface area (Å²) in [5, 5.41) is 0. The molecule has 2 heterocycles. The van der Waals surface area contributed by atoms with Crippen molar-refractivity contribution < 1.29 is 0 Å². The Morgan fingerprint density at radius 2 is 2.12 bits per heavy atom. The zero-order chi connectivity index (χ0) is 12.8. The van der Waals surface area contributed by atoms with Crippen molar-refractivity contribution >= 4 is 11.2 Å². The van der Waals surface area contributed by atoms with E-state index in [1.165, 1.54) is 10.9 Å². The lowest BCUT2D eigenvalue weighted by Crippen LogP contribution is -2.38. The van der Waals surface area contributed by atoms with Gasteiger partial charge in [0.2, 0.25) is 0 Å². The van der Waals surface area contributed by atoms with Gasteiger partial charge in [-0.25, -0.2) is 9.78 Å². The van der Waals surface area contributed by atoms with Crippen LogP contribution in [-0.2, 0) is 13.6 Å². The van der Waals surface area contributed by atoms with Gasteiger partial charge in [-0.1, -0.05) is 0 Å². The molecule has 0 aliphatic heterocycles. The first-order chi connectivity index (χ1) is 7.79. The smallest absolute Gasteiger partial charge is 0.324 e. The topological polar surface area (TPSA) is 98.7 Å². The van der Waals surface area contributed by atoms with Crippen molar-refractivity contribution in [1.29, 1.82) is 0 Å². The van der Waals surface area contributed by atoms with Crippen molar-refractivity contribution in [2.24, 2.45) is 12.8 Å². The van der Waals surface area contributed by atoms with Crippen LogP contribution in [0.25, 0.3) is 11.2 Å². The third-order valence-electron chi connectivity index (χ3n) is 2.45. The Morgan fingerprint density at radius 1 is 1.47 bits per heavy atom. The fourth-order valence-electron chi connectivity index (χ4n) is 1.74. The second-order valence-corrected chi connectivity index (χ2v) is 4.85. The zero-order valence-electron chi connectivity index (χ0n) is 10.0. The van der Waals surface area contributed by atoms with Gasteiger partial charge in [0, 0.05) is 19.1 Å². The van der Waals surface area contributed by atoms with Crippen molar-refractivity contribution in [2.45, 2.75) is 25.9 Å². The van der Waals surface area contributed by atoms with E-state index in [0.29, 0.717) is 17.7 Å². The van der Waals surface area contributed by atoms with E-state index in [1.807, 2.05) is 13.8 Å². The first-order valence-electron chi connectivity index (χ1n) is 5.22. The highest BCUT2D eigenvalue weighted by molar-refractivity contribution is 5.69. The van der Waals surface area contributed by atoms with Crippen LogP contribution >= 0.6 is 0 Å². The number of hydrogen-bond donors (Lipinski definition) is 2. The molecule has 17 heavy (non-hydrogen) atoms. The number of aromatic nitrogens is 4. The van der Waals surface area contributed by atoms with Gasteiger partial charge in [-0.2, -0.15) is 0 Å². The Labute approximate surface area is 96.9 Å². The fraction of sp³-hybridized carbons (Fsp3) is 0.500. The average Bonchev–Trinajstić information content (AvgIpc) is 2.56. The summed E-state index contributed by atoms with van der Waals surface area (Å²) in [5.41, 5.74) is 5.26. The second-order valence-electron chi connectivity index (χ2n) is 4.85. The van der Waals surface area contributed by atoms with Crippen LogP contribution in [0.15, 0.2) is 15.9 Å². The molecule has 2 rings (SSSR count). The highest BCUT2D eigenvalue weighted by Gasteiger charge is 2.17. The van der Waals surface area contributed by atoms with E-state index in [2.05, 4.69) is 9.97 Å². The van der Waals surface area contributed by atoms with Crippen LogP contribution in [0, 0.1) is 0 Å². The van der Waals surface area contributed by atoms with E-state index >= 15 is 0 Å². The highest BCUT2D eigenvalue weighted by atomic mass is 16.2. The molecule has 0 saturated heterocycles. The predicted octanol–water partition coefficient (Wildman–Crippen LogP) is -0.839. The molecule has 0 fully saturated rings. The van der Waals surface area contributed by atoms with Crippen molar-refractivity contribution in [3.05, 3.63) is 27.2 Å². The van der Waals surface area contributed by atoms with Crippen LogP contribution in [0.5, 0.6) is 0 Å². The predicted molar refractivity (Wildman–Crippen MR) is 63.9 cm³/mol. The average molecular weight is 237 g/mol. The van der Waals surface area contributed by atoms with E-state index in [9.17, 15) is 9.59 Å². The Balaban J connectivity index is 2.74. The van der Waals surface area contributed by atoms with E-state index in [0.717, 1.165) is 0 Å². The van der Waals surface area contributed by atoms with Crippen LogP contribution in [0.4, 0.5) is 0 Å². The number of aromatic amines is 1. The molecule has 0 radical (unpaired) electrons. The molecule has 0 aromatic carbocycles. The van der Waals surface area contributed by atoms with Crippen molar-refractivity contribution in [3.8, 4) is 0 Å². The number of H-pyrrole nitrogens is 1. The molecule has 2 aromatic rings. The number of rotatable bonds is 2. The molecule has 92 valence electrons. The second kappa shape index (κ2) is 3.56. The summed E-state index contributed by atoms with van der Waals surface area (Å²) < 4.78 is 2.96. The van der Waals surface area contributed by atoms with Gasteiger partial charge >= 0.3 is 5.69 Å². The highest BCUT2D eigenvalue weighted by Crippen LogP contribution is 2.09. The fourth-order valence-corrected chi connectivity index (χ4v) is 1.74. The number of nitrogens with one attached hydrogen (secondary N) is 1. The normalized spacial score (nSPS) is 12.2. The van der Waals surface area contributed by atoms with Gasteiger partial charge in [0.1, 0.15) is 0 Å². The van der Waals surface area contributed by atoms with Crippen molar-refractivity contribution in [1.82, 2.24) is 19.1 Å². The molecule has 0 saturated carbocycles. The van der Waals surface area contributed by atoms with Gasteiger partial charge in [0.25, 0.3) is 5.56 Å². The maximum Gasteiger partial charge on any atom is 0.329 e. The number of imidazole rings is 1. The number of hydrogen-bond acceptors (Lipinski definition) is 4. The molecule has 0 bridgehead atoms. The van der Waals surface area contributed by atoms with E-state index in [1.54, 1.807) is 11.6 Å². The lowest BCUT2D eigenvalue weighted by Gasteiger charge is -2.19. The zero-order valence-corrected chi connectivity index (χ0v) is 10.0. The Hall–Kier alpha value is -1.89. The van der Waals surface area contributed by atoms with E-state index < -0.39 is 16.8 Å². The van der Waals surface area contributed by atoms with Crippen LogP contribution < -0.4 is 17.0 Å². The summed E-state index contributed by atoms with van der Waals surface area (Å²) in [4.78, 5) is 29.4. The summed E-state index contributed by atoms with van der Waals surface area (Å²) in [6.07, 6.45) is 1.52. The molecular formula is C10H15N5O2. The third kappa shape index (κ3) is 2.01. The largest absolute Gasteiger partial charge is 0.329 e. The number of aryl methyl sites for hydroxylation is 1. The van der Waals surface area contributed by atoms with Crippen molar-refractivity contribution in [2.75, 3.05) is 0 Å². The summed E-state index contributed by atoms with van der Waals surface area (Å²) in [6, 6.07) is 0. The first-order valence-corrected chi connectivity index (χ1v) is 5.22. The quantitative estimate of drug-likeness (QED) is 0.711. The van der Waals surface area contributed by atoms with Crippen LogP contribution in [-0.4, -0.2) is 24.6 Å². The molecule has 3 N–H and O–H groups in total. The van der Waals surface area contributed by atoms with Gasteiger partial charge < -0.3 is 10.3 Å². The van der Waals surface area contributed by atoms with Gasteiger partial charge in [-0.05, 0) is 13.8 Å². The van der Waals surface area contributed by atoms with Crippen molar-refractivity contribution in [3.63, 3.8) is 0 Å². The number of fused-ring (bicyclic) bond motifs is 1. The van der Waals surface area contributed by atoms with Gasteiger partial charge in [0.15, 0.2) is 11.2 Å². The summed E-state index contributed by atoms with van der Waals surface area (Å²) in [6.45, 7) is 4.16. The molecule has 0 spiro atoms. The number of nitrogens with zero attached hydrogens (tertiary/aromatic N) is 3. The van der Waals surface area contributed by atoms with Gasteiger partial charge in [0.05, 0.1) is 6.33 Å². The molecule has 0 aliphatic rings. The number of nitrogens with two attached hydrogens (primary N) is 1. The molecule has 7 nitrogen and oxygen atoms in total. The molecule has 0 unspecified atom stereocenters. The molecule has 0 atom stereocenters. The van der Waals surface area contributed by atoms with Crippen LogP contribution in [0.1, 0.15) is 13.8 Å². The lowest BCUT2D eigenvalue weighted by molar-refractivity contribution is 0.439. The van der Waals surface area contributed by atoms with Crippen LogP contribution in [0.2, 0.25) is 0 Å². The van der Waals surface area contributed by atoms with Crippen LogP contribution in [0.3, 0.4) is 0 Å².